The van der Waals surface area contributed by atoms with E-state index in [1.165, 1.54) is 28.6 Å². The van der Waals surface area contributed by atoms with Gasteiger partial charge in [-0.05, 0) is 44.0 Å². The number of carbonyl (C=O) groups excluding carboxylic acids is 2. The summed E-state index contributed by atoms with van der Waals surface area (Å²) in [6.07, 6.45) is 4.00. The number of aromatic nitrogens is 2. The minimum atomic E-state index is -3.71. The maximum Gasteiger partial charge on any atom is 0.338 e. The predicted molar refractivity (Wildman–Crippen MR) is 123 cm³/mol. The minimum absolute atomic E-state index is 0.106. The molecule has 2 aromatic rings. The van der Waals surface area contributed by atoms with Gasteiger partial charge in [-0.3, -0.25) is 4.79 Å². The molecule has 1 aliphatic rings. The lowest BCUT2D eigenvalue weighted by molar-refractivity contribution is -0.120. The van der Waals surface area contributed by atoms with Crippen LogP contribution in [0, 0.1) is 5.92 Å². The van der Waals surface area contributed by atoms with Crippen LogP contribution in [0.2, 0.25) is 0 Å². The molecule has 1 aliphatic heterocycles. The van der Waals surface area contributed by atoms with Crippen molar-refractivity contribution in [3.05, 3.63) is 48.0 Å². The number of sulfonamides is 1. The summed E-state index contributed by atoms with van der Waals surface area (Å²) in [5, 5.41) is 2.83. The number of nitrogens with zero attached hydrogens (tertiary/aromatic N) is 3. The van der Waals surface area contributed by atoms with Crippen LogP contribution in [-0.4, -0.2) is 54.3 Å². The van der Waals surface area contributed by atoms with Crippen LogP contribution in [0.15, 0.2) is 41.6 Å². The number of anilines is 1. The second-order valence-electron chi connectivity index (χ2n) is 8.96. The number of hydrogen-bond acceptors (Lipinski definition) is 7. The third kappa shape index (κ3) is 5.94. The normalized spacial score (nSPS) is 15.8. The summed E-state index contributed by atoms with van der Waals surface area (Å²) in [7, 11) is -3.71. The zero-order valence-electron chi connectivity index (χ0n) is 19.4. The van der Waals surface area contributed by atoms with Crippen molar-refractivity contribution in [1.29, 1.82) is 0 Å². The Balaban J connectivity index is 1.58. The molecule has 1 amide bonds. The van der Waals surface area contributed by atoms with E-state index in [0.29, 0.717) is 29.9 Å². The fraction of sp³-hybridized carbons (Fsp3) is 0.478. The highest BCUT2D eigenvalue weighted by Crippen LogP contribution is 2.25. The Kier molecular flexibility index (Phi) is 7.48. The van der Waals surface area contributed by atoms with Crippen molar-refractivity contribution in [2.75, 3.05) is 25.0 Å². The summed E-state index contributed by atoms with van der Waals surface area (Å²) in [6, 6.07) is 5.69. The van der Waals surface area contributed by atoms with Gasteiger partial charge in [0, 0.05) is 24.4 Å². The van der Waals surface area contributed by atoms with Crippen LogP contribution in [0.4, 0.5) is 5.69 Å². The number of benzene rings is 1. The van der Waals surface area contributed by atoms with Gasteiger partial charge in [-0.2, -0.15) is 4.31 Å². The van der Waals surface area contributed by atoms with Crippen molar-refractivity contribution in [1.82, 2.24) is 14.3 Å². The number of piperidine rings is 1. The Morgan fingerprint density at radius 2 is 1.67 bits per heavy atom. The zero-order valence-corrected chi connectivity index (χ0v) is 20.2. The highest BCUT2D eigenvalue weighted by atomic mass is 32.2. The Hall–Kier alpha value is -2.85. The standard InChI is InChI=1S/C23H30N4O5S/c1-5-32-21(29)17-6-8-19(9-7-17)33(30,31)27-12-10-16(11-13-27)20(28)26-18-14-24-22(25-15-18)23(2,3)4/h6-9,14-16H,5,10-13H2,1-4H3,(H,26,28). The lowest BCUT2D eigenvalue weighted by Crippen LogP contribution is -2.41. The fourth-order valence-corrected chi connectivity index (χ4v) is 4.98. The van der Waals surface area contributed by atoms with Crippen molar-refractivity contribution in [2.24, 2.45) is 5.92 Å². The monoisotopic (exact) mass is 474 g/mol. The van der Waals surface area contributed by atoms with Crippen molar-refractivity contribution in [2.45, 2.75) is 50.8 Å². The number of carbonyl (C=O) groups is 2. The first-order chi connectivity index (χ1) is 15.5. The Bertz CT molecular complexity index is 1090. The third-order valence-corrected chi connectivity index (χ3v) is 7.33. The van der Waals surface area contributed by atoms with Gasteiger partial charge in [0.2, 0.25) is 15.9 Å². The molecule has 0 radical (unpaired) electrons. The van der Waals surface area contributed by atoms with E-state index in [4.69, 9.17) is 4.74 Å². The first-order valence-corrected chi connectivity index (χ1v) is 12.4. The molecule has 0 aliphatic carbocycles. The van der Waals surface area contributed by atoms with Crippen molar-refractivity contribution >= 4 is 27.6 Å². The molecule has 3 rings (SSSR count). The summed E-state index contributed by atoms with van der Waals surface area (Å²) < 4.78 is 32.2. The van der Waals surface area contributed by atoms with E-state index in [-0.39, 0.29) is 41.8 Å². The Morgan fingerprint density at radius 3 is 2.18 bits per heavy atom. The Labute approximate surface area is 194 Å². The van der Waals surface area contributed by atoms with Crippen molar-refractivity contribution < 1.29 is 22.7 Å². The van der Waals surface area contributed by atoms with E-state index >= 15 is 0 Å². The third-order valence-electron chi connectivity index (χ3n) is 5.42. The lowest BCUT2D eigenvalue weighted by atomic mass is 9.96. The molecule has 0 bridgehead atoms. The molecule has 0 atom stereocenters. The van der Waals surface area contributed by atoms with Gasteiger partial charge in [-0.1, -0.05) is 20.8 Å². The molecule has 1 fully saturated rings. The smallest absolute Gasteiger partial charge is 0.338 e. The average molecular weight is 475 g/mol. The van der Waals surface area contributed by atoms with Crippen LogP contribution in [0.1, 0.15) is 56.7 Å². The number of rotatable bonds is 6. The van der Waals surface area contributed by atoms with Gasteiger partial charge in [0.1, 0.15) is 5.82 Å². The minimum Gasteiger partial charge on any atom is -0.462 e. The summed E-state index contributed by atoms with van der Waals surface area (Å²) in [6.45, 7) is 8.46. The number of amides is 1. The first kappa shape index (κ1) is 24.8. The number of hydrogen-bond donors (Lipinski definition) is 1. The molecule has 0 spiro atoms. The summed E-state index contributed by atoms with van der Waals surface area (Å²) in [4.78, 5) is 33.2. The van der Waals surface area contributed by atoms with E-state index in [2.05, 4.69) is 15.3 Å². The molecule has 0 unspecified atom stereocenters. The van der Waals surface area contributed by atoms with E-state index in [0.717, 1.165) is 0 Å². The van der Waals surface area contributed by atoms with E-state index < -0.39 is 16.0 Å². The van der Waals surface area contributed by atoms with Crippen molar-refractivity contribution in [3.63, 3.8) is 0 Å². The largest absolute Gasteiger partial charge is 0.462 e. The van der Waals surface area contributed by atoms with E-state index in [9.17, 15) is 18.0 Å². The molecule has 33 heavy (non-hydrogen) atoms. The van der Waals surface area contributed by atoms with Crippen LogP contribution < -0.4 is 5.32 Å². The molecule has 1 saturated heterocycles. The zero-order chi connectivity index (χ0) is 24.2. The van der Waals surface area contributed by atoms with E-state index in [1.54, 1.807) is 19.3 Å². The van der Waals surface area contributed by atoms with Crippen LogP contribution in [0.3, 0.4) is 0 Å². The highest BCUT2D eigenvalue weighted by molar-refractivity contribution is 7.89. The summed E-state index contributed by atoms with van der Waals surface area (Å²) >= 11 is 0. The molecule has 2 heterocycles. The van der Waals surface area contributed by atoms with Crippen LogP contribution >= 0.6 is 0 Å². The van der Waals surface area contributed by atoms with Crippen LogP contribution in [0.25, 0.3) is 0 Å². The van der Waals surface area contributed by atoms with Gasteiger partial charge < -0.3 is 10.1 Å². The van der Waals surface area contributed by atoms with Gasteiger partial charge in [-0.25, -0.2) is 23.2 Å². The average Bonchev–Trinajstić information content (AvgIpc) is 2.79. The number of esters is 1. The van der Waals surface area contributed by atoms with Gasteiger partial charge in [0.15, 0.2) is 0 Å². The van der Waals surface area contributed by atoms with Gasteiger partial charge in [0.05, 0.1) is 35.1 Å². The second kappa shape index (κ2) is 9.96. The topological polar surface area (TPSA) is 119 Å². The van der Waals surface area contributed by atoms with Gasteiger partial charge in [-0.15, -0.1) is 0 Å². The first-order valence-electron chi connectivity index (χ1n) is 10.9. The molecular formula is C23H30N4O5S. The highest BCUT2D eigenvalue weighted by Gasteiger charge is 2.32. The second-order valence-corrected chi connectivity index (χ2v) is 10.9. The number of nitrogens with one attached hydrogen (secondary N) is 1. The number of ether oxygens (including phenoxy) is 1. The fourth-order valence-electron chi connectivity index (χ4n) is 3.51. The summed E-state index contributed by atoms with van der Waals surface area (Å²) in [5.74, 6) is -0.274. The molecule has 1 N–H and O–H groups in total. The molecule has 10 heteroatoms. The maximum absolute atomic E-state index is 13.0. The summed E-state index contributed by atoms with van der Waals surface area (Å²) in [5.41, 5.74) is 0.635. The van der Waals surface area contributed by atoms with Gasteiger partial charge in [0.25, 0.3) is 0 Å². The lowest BCUT2D eigenvalue weighted by Gasteiger charge is -2.30. The molecule has 9 nitrogen and oxygen atoms in total. The maximum atomic E-state index is 13.0. The van der Waals surface area contributed by atoms with Gasteiger partial charge >= 0.3 is 5.97 Å². The molecular weight excluding hydrogens is 444 g/mol. The predicted octanol–water partition coefficient (Wildman–Crippen LogP) is 2.99. The molecule has 1 aromatic carbocycles. The van der Waals surface area contributed by atoms with Crippen molar-refractivity contribution in [3.8, 4) is 0 Å². The van der Waals surface area contributed by atoms with Crippen LogP contribution in [0.5, 0.6) is 0 Å². The van der Waals surface area contributed by atoms with E-state index in [1.807, 2.05) is 20.8 Å². The molecule has 0 saturated carbocycles. The SMILES string of the molecule is CCOC(=O)c1ccc(S(=O)(=O)N2CCC(C(=O)Nc3cnc(C(C)(C)C)nc3)CC2)cc1. The quantitative estimate of drug-likeness (QED) is 0.639. The Morgan fingerprint density at radius 1 is 1.09 bits per heavy atom. The molecule has 178 valence electrons. The molecule has 1 aromatic heterocycles. The van der Waals surface area contributed by atoms with Crippen LogP contribution in [-0.2, 0) is 25.0 Å².